The molecule has 0 spiro atoms. The van der Waals surface area contributed by atoms with Gasteiger partial charge in [0.25, 0.3) is 0 Å². The Morgan fingerprint density at radius 2 is 2.00 bits per heavy atom. The third-order valence-electron chi connectivity index (χ3n) is 2.70. The molecule has 0 saturated carbocycles. The normalized spacial score (nSPS) is 11.3. The molecule has 0 aliphatic rings. The van der Waals surface area contributed by atoms with Crippen LogP contribution >= 0.6 is 23.7 Å². The lowest BCUT2D eigenvalue weighted by Gasteiger charge is -2.14. The van der Waals surface area contributed by atoms with Crippen LogP contribution in [0.2, 0.25) is 0 Å². The van der Waals surface area contributed by atoms with Crippen molar-refractivity contribution in [1.82, 2.24) is 0 Å². The first-order valence-electron chi connectivity index (χ1n) is 5.76. The molecule has 1 heterocycles. The lowest BCUT2D eigenvalue weighted by atomic mass is 10.0. The van der Waals surface area contributed by atoms with Crippen LogP contribution in [0.15, 0.2) is 35.0 Å². The molecule has 1 aromatic carbocycles. The summed E-state index contributed by atoms with van der Waals surface area (Å²) in [7, 11) is 1.53. The summed E-state index contributed by atoms with van der Waals surface area (Å²) >= 11 is 1.60. The number of esters is 1. The molecular formula is C14H16ClNO3S. The van der Waals surface area contributed by atoms with Crippen LogP contribution in [0.5, 0.6) is 11.5 Å². The summed E-state index contributed by atoms with van der Waals surface area (Å²) in [5.74, 6) is 0.517. The van der Waals surface area contributed by atoms with Gasteiger partial charge in [-0.3, -0.25) is 4.79 Å². The molecule has 0 saturated heterocycles. The van der Waals surface area contributed by atoms with Crippen molar-refractivity contribution >= 4 is 29.7 Å². The highest BCUT2D eigenvalue weighted by Gasteiger charge is 2.14. The molecule has 4 nitrogen and oxygen atoms in total. The van der Waals surface area contributed by atoms with E-state index in [4.69, 9.17) is 15.2 Å². The van der Waals surface area contributed by atoms with Crippen molar-refractivity contribution in [2.45, 2.75) is 13.0 Å². The van der Waals surface area contributed by atoms with Crippen molar-refractivity contribution in [1.29, 1.82) is 0 Å². The Labute approximate surface area is 127 Å². The third kappa shape index (κ3) is 3.72. The molecule has 2 rings (SSSR count). The zero-order valence-electron chi connectivity index (χ0n) is 11.2. The van der Waals surface area contributed by atoms with Gasteiger partial charge >= 0.3 is 5.97 Å². The first-order chi connectivity index (χ1) is 9.11. The number of hydrogen-bond donors (Lipinski definition) is 1. The molecule has 0 fully saturated rings. The van der Waals surface area contributed by atoms with Gasteiger partial charge < -0.3 is 15.2 Å². The van der Waals surface area contributed by atoms with Crippen molar-refractivity contribution in [3.63, 3.8) is 0 Å². The van der Waals surface area contributed by atoms with E-state index in [0.29, 0.717) is 11.5 Å². The first kappa shape index (κ1) is 16.5. The molecule has 2 N–H and O–H groups in total. The van der Waals surface area contributed by atoms with Crippen molar-refractivity contribution < 1.29 is 14.3 Å². The van der Waals surface area contributed by atoms with Gasteiger partial charge in [-0.15, -0.1) is 12.4 Å². The van der Waals surface area contributed by atoms with Crippen molar-refractivity contribution in [2.75, 3.05) is 7.11 Å². The predicted octanol–water partition coefficient (Wildman–Crippen LogP) is 3.15. The molecule has 108 valence electrons. The van der Waals surface area contributed by atoms with E-state index in [9.17, 15) is 4.79 Å². The second-order valence-corrected chi connectivity index (χ2v) is 4.82. The molecule has 0 radical (unpaired) electrons. The Morgan fingerprint density at radius 1 is 1.25 bits per heavy atom. The highest BCUT2D eigenvalue weighted by atomic mass is 35.5. The van der Waals surface area contributed by atoms with Gasteiger partial charge in [0.2, 0.25) is 0 Å². The number of ether oxygens (including phenoxy) is 2. The topological polar surface area (TPSA) is 61.6 Å². The van der Waals surface area contributed by atoms with Crippen LogP contribution in [0.4, 0.5) is 0 Å². The summed E-state index contributed by atoms with van der Waals surface area (Å²) in [4.78, 5) is 11.0. The van der Waals surface area contributed by atoms with Gasteiger partial charge in [0, 0.05) is 6.92 Å². The monoisotopic (exact) mass is 313 g/mol. The van der Waals surface area contributed by atoms with E-state index < -0.39 is 0 Å². The molecule has 0 bridgehead atoms. The lowest BCUT2D eigenvalue weighted by Crippen LogP contribution is -2.11. The van der Waals surface area contributed by atoms with E-state index in [0.717, 1.165) is 11.1 Å². The van der Waals surface area contributed by atoms with Crippen LogP contribution < -0.4 is 15.2 Å². The minimum absolute atomic E-state index is 0. The maximum atomic E-state index is 11.0. The predicted molar refractivity (Wildman–Crippen MR) is 81.9 cm³/mol. The van der Waals surface area contributed by atoms with Gasteiger partial charge in [0.05, 0.1) is 13.2 Å². The maximum Gasteiger partial charge on any atom is 0.308 e. The molecule has 6 heteroatoms. The molecule has 0 amide bonds. The summed E-state index contributed by atoms with van der Waals surface area (Å²) in [6.07, 6.45) is 0. The lowest BCUT2D eigenvalue weighted by molar-refractivity contribution is -0.132. The fourth-order valence-electron chi connectivity index (χ4n) is 1.76. The highest BCUT2D eigenvalue weighted by Crippen LogP contribution is 2.32. The molecule has 20 heavy (non-hydrogen) atoms. The second kappa shape index (κ2) is 7.28. The third-order valence-corrected chi connectivity index (χ3v) is 3.40. The summed E-state index contributed by atoms with van der Waals surface area (Å²) in [5, 5.41) is 4.00. The number of carbonyl (C=O) groups excluding carboxylic acids is 1. The molecule has 1 atom stereocenters. The SMILES string of the molecule is COc1cc([C@H](N)c2ccsc2)ccc1OC(C)=O.Cl. The number of halogens is 1. The van der Waals surface area contributed by atoms with Gasteiger partial charge in [-0.2, -0.15) is 11.3 Å². The highest BCUT2D eigenvalue weighted by molar-refractivity contribution is 7.08. The standard InChI is InChI=1S/C14H15NO3S.ClH/c1-9(16)18-12-4-3-10(7-13(12)17-2)14(15)11-5-6-19-8-11;/h3-8,14H,15H2,1-2H3;1H/t14-;/m0./s1. The Hall–Kier alpha value is -1.56. The molecule has 1 aromatic heterocycles. The average molecular weight is 314 g/mol. The van der Waals surface area contributed by atoms with Crippen LogP contribution in [0, 0.1) is 0 Å². The zero-order valence-corrected chi connectivity index (χ0v) is 12.8. The fourth-order valence-corrected chi connectivity index (χ4v) is 2.46. The van der Waals surface area contributed by atoms with E-state index >= 15 is 0 Å². The van der Waals surface area contributed by atoms with Crippen molar-refractivity contribution in [3.05, 3.63) is 46.2 Å². The average Bonchev–Trinajstić information content (AvgIpc) is 2.91. The number of nitrogens with two attached hydrogens (primary N) is 1. The first-order valence-corrected chi connectivity index (χ1v) is 6.70. The maximum absolute atomic E-state index is 11.0. The molecule has 0 unspecified atom stereocenters. The Kier molecular flexibility index (Phi) is 6.01. The quantitative estimate of drug-likeness (QED) is 0.696. The number of benzene rings is 1. The summed E-state index contributed by atoms with van der Waals surface area (Å²) in [5.41, 5.74) is 8.14. The summed E-state index contributed by atoms with van der Waals surface area (Å²) < 4.78 is 10.3. The largest absolute Gasteiger partial charge is 0.493 e. The fraction of sp³-hybridized carbons (Fsp3) is 0.214. The smallest absolute Gasteiger partial charge is 0.308 e. The number of hydrogen-bond acceptors (Lipinski definition) is 5. The molecule has 2 aromatic rings. The van der Waals surface area contributed by atoms with Gasteiger partial charge in [0.15, 0.2) is 11.5 Å². The van der Waals surface area contributed by atoms with Crippen LogP contribution in [0.3, 0.4) is 0 Å². The molecule has 0 aliphatic heterocycles. The van der Waals surface area contributed by atoms with Crippen LogP contribution in [-0.4, -0.2) is 13.1 Å². The number of carbonyl (C=O) groups is 1. The van der Waals surface area contributed by atoms with E-state index in [2.05, 4.69) is 0 Å². The van der Waals surface area contributed by atoms with Crippen LogP contribution in [0.1, 0.15) is 24.1 Å². The Bertz CT molecular complexity index is 572. The zero-order chi connectivity index (χ0) is 13.8. The van der Waals surface area contributed by atoms with Gasteiger partial charge in [-0.05, 0) is 40.1 Å². The second-order valence-electron chi connectivity index (χ2n) is 4.04. The minimum atomic E-state index is -0.381. The number of thiophene rings is 1. The van der Waals surface area contributed by atoms with Gasteiger partial charge in [0.1, 0.15) is 0 Å². The summed E-state index contributed by atoms with van der Waals surface area (Å²) in [6, 6.07) is 7.10. The van der Waals surface area contributed by atoms with E-state index in [-0.39, 0.29) is 24.4 Å². The van der Waals surface area contributed by atoms with Crippen molar-refractivity contribution in [2.24, 2.45) is 5.73 Å². The van der Waals surface area contributed by atoms with Gasteiger partial charge in [-0.25, -0.2) is 0 Å². The Balaban J connectivity index is 0.00000200. The molecule has 0 aliphatic carbocycles. The number of methoxy groups -OCH3 is 1. The Morgan fingerprint density at radius 3 is 2.55 bits per heavy atom. The van der Waals surface area contributed by atoms with E-state index in [1.165, 1.54) is 14.0 Å². The van der Waals surface area contributed by atoms with Crippen LogP contribution in [0.25, 0.3) is 0 Å². The summed E-state index contributed by atoms with van der Waals surface area (Å²) in [6.45, 7) is 1.35. The number of rotatable bonds is 4. The molecular weight excluding hydrogens is 298 g/mol. The van der Waals surface area contributed by atoms with E-state index in [1.807, 2.05) is 22.9 Å². The van der Waals surface area contributed by atoms with Crippen LogP contribution in [-0.2, 0) is 4.79 Å². The van der Waals surface area contributed by atoms with Gasteiger partial charge in [-0.1, -0.05) is 6.07 Å². The van der Waals surface area contributed by atoms with Crippen molar-refractivity contribution in [3.8, 4) is 11.5 Å². The van der Waals surface area contributed by atoms with E-state index in [1.54, 1.807) is 23.5 Å². The minimum Gasteiger partial charge on any atom is -0.493 e.